The normalized spacial score (nSPS) is 9.69. The van der Waals surface area contributed by atoms with E-state index < -0.39 is 5.97 Å². The van der Waals surface area contributed by atoms with Crippen molar-refractivity contribution in [2.24, 2.45) is 0 Å². The molecule has 1 aromatic rings. The fourth-order valence-corrected chi connectivity index (χ4v) is 0.837. The molecule has 70 valence electrons. The highest BCUT2D eigenvalue weighted by atomic mass is 16.5. The molecule has 0 unspecified atom stereocenters. The summed E-state index contributed by atoms with van der Waals surface area (Å²) < 4.78 is 4.48. The summed E-state index contributed by atoms with van der Waals surface area (Å²) in [6.45, 7) is 0.633. The fraction of sp³-hybridized carbons (Fsp3) is 0.375. The van der Waals surface area contributed by atoms with Gasteiger partial charge in [-0.25, -0.2) is 9.78 Å². The summed E-state index contributed by atoms with van der Waals surface area (Å²) in [5.74, 6) is -0.469. The van der Waals surface area contributed by atoms with Crippen molar-refractivity contribution >= 4 is 5.97 Å². The quantitative estimate of drug-likeness (QED) is 0.664. The van der Waals surface area contributed by atoms with Gasteiger partial charge in [-0.15, -0.1) is 0 Å². The van der Waals surface area contributed by atoms with Crippen LogP contribution >= 0.6 is 0 Å². The number of carbonyl (C=O) groups excluding carboxylic acids is 1. The zero-order valence-electron chi connectivity index (χ0n) is 7.57. The average Bonchev–Trinajstić information content (AvgIpc) is 2.18. The van der Waals surface area contributed by atoms with Crippen molar-refractivity contribution in [1.29, 1.82) is 0 Å². The van der Waals surface area contributed by atoms with Gasteiger partial charge in [0.1, 0.15) is 0 Å². The van der Waals surface area contributed by atoms with Gasteiger partial charge in [0.05, 0.1) is 25.2 Å². The first-order valence-corrected chi connectivity index (χ1v) is 3.81. The summed E-state index contributed by atoms with van der Waals surface area (Å²) in [5.41, 5.74) is 1.01. The van der Waals surface area contributed by atoms with Crippen molar-refractivity contribution in [3.63, 3.8) is 0 Å². The molecule has 0 amide bonds. The number of carbonyl (C=O) groups is 1. The van der Waals surface area contributed by atoms with E-state index in [1.165, 1.54) is 13.3 Å². The molecule has 0 saturated heterocycles. The van der Waals surface area contributed by atoms with Gasteiger partial charge in [-0.05, 0) is 7.05 Å². The molecule has 0 aromatic carbocycles. The molecule has 5 heteroatoms. The molecule has 0 saturated carbocycles. The number of aromatic nitrogens is 2. The second-order valence-electron chi connectivity index (χ2n) is 2.41. The van der Waals surface area contributed by atoms with Gasteiger partial charge in [-0.1, -0.05) is 0 Å². The van der Waals surface area contributed by atoms with Crippen molar-refractivity contribution in [2.45, 2.75) is 6.54 Å². The topological polar surface area (TPSA) is 64.1 Å². The molecule has 0 aliphatic rings. The Balaban J connectivity index is 2.75. The van der Waals surface area contributed by atoms with Crippen LogP contribution in [0.4, 0.5) is 0 Å². The Kier molecular flexibility index (Phi) is 3.33. The number of methoxy groups -OCH3 is 1. The molecule has 13 heavy (non-hydrogen) atoms. The van der Waals surface area contributed by atoms with E-state index in [9.17, 15) is 4.79 Å². The summed E-state index contributed by atoms with van der Waals surface area (Å²) >= 11 is 0. The second-order valence-corrected chi connectivity index (χ2v) is 2.41. The SMILES string of the molecule is CNCc1cnc(C(=O)OC)cn1. The van der Waals surface area contributed by atoms with Gasteiger partial charge < -0.3 is 10.1 Å². The molecule has 1 N–H and O–H groups in total. The Morgan fingerprint density at radius 2 is 2.31 bits per heavy atom. The number of rotatable bonds is 3. The highest BCUT2D eigenvalue weighted by Gasteiger charge is 2.06. The maximum atomic E-state index is 10.9. The van der Waals surface area contributed by atoms with Crippen LogP contribution in [0.3, 0.4) is 0 Å². The molecule has 1 heterocycles. The third-order valence-electron chi connectivity index (χ3n) is 1.46. The van der Waals surface area contributed by atoms with Crippen molar-refractivity contribution in [3.8, 4) is 0 Å². The maximum absolute atomic E-state index is 10.9. The van der Waals surface area contributed by atoms with Crippen LogP contribution in [0, 0.1) is 0 Å². The predicted octanol–water partition coefficient (Wildman–Crippen LogP) is -0.0174. The van der Waals surface area contributed by atoms with Crippen LogP contribution in [-0.2, 0) is 11.3 Å². The van der Waals surface area contributed by atoms with Crippen LogP contribution in [0.1, 0.15) is 16.2 Å². The summed E-state index contributed by atoms with van der Waals surface area (Å²) in [7, 11) is 3.13. The zero-order chi connectivity index (χ0) is 9.68. The standard InChI is InChI=1S/C8H11N3O2/c1-9-3-6-4-11-7(5-10-6)8(12)13-2/h4-5,9H,3H2,1-2H3. The molecule has 1 rings (SSSR count). The molecule has 0 atom stereocenters. The first-order chi connectivity index (χ1) is 6.27. The van der Waals surface area contributed by atoms with Crippen LogP contribution in [0.5, 0.6) is 0 Å². The first kappa shape index (κ1) is 9.60. The van der Waals surface area contributed by atoms with Crippen LogP contribution in [-0.4, -0.2) is 30.1 Å². The third-order valence-corrected chi connectivity index (χ3v) is 1.46. The second kappa shape index (κ2) is 4.51. The van der Waals surface area contributed by atoms with E-state index in [-0.39, 0.29) is 5.69 Å². The molecule has 5 nitrogen and oxygen atoms in total. The Hall–Kier alpha value is -1.49. The molecule has 0 aliphatic carbocycles. The van der Waals surface area contributed by atoms with E-state index in [0.29, 0.717) is 6.54 Å². The van der Waals surface area contributed by atoms with Crippen molar-refractivity contribution < 1.29 is 9.53 Å². The predicted molar refractivity (Wildman–Crippen MR) is 46.1 cm³/mol. The first-order valence-electron chi connectivity index (χ1n) is 3.81. The maximum Gasteiger partial charge on any atom is 0.358 e. The van der Waals surface area contributed by atoms with Gasteiger partial charge in [0.2, 0.25) is 0 Å². The summed E-state index contributed by atoms with van der Waals surface area (Å²) in [6.07, 6.45) is 2.95. The van der Waals surface area contributed by atoms with Gasteiger partial charge in [0, 0.05) is 6.54 Å². The molecule has 0 fully saturated rings. The highest BCUT2D eigenvalue weighted by Crippen LogP contribution is 1.96. The van der Waals surface area contributed by atoms with Gasteiger partial charge in [0.25, 0.3) is 0 Å². The van der Waals surface area contributed by atoms with Gasteiger partial charge in [-0.3, -0.25) is 4.98 Å². The monoisotopic (exact) mass is 181 g/mol. The Morgan fingerprint density at radius 3 is 2.77 bits per heavy atom. The van der Waals surface area contributed by atoms with E-state index in [2.05, 4.69) is 20.0 Å². The minimum atomic E-state index is -0.469. The van der Waals surface area contributed by atoms with Crippen molar-refractivity contribution in [3.05, 3.63) is 23.8 Å². The van der Waals surface area contributed by atoms with Crippen molar-refractivity contribution in [1.82, 2.24) is 15.3 Å². The molecule has 0 bridgehead atoms. The fourth-order valence-electron chi connectivity index (χ4n) is 0.837. The van der Waals surface area contributed by atoms with Crippen LogP contribution in [0.2, 0.25) is 0 Å². The molecule has 1 aromatic heterocycles. The Bertz CT molecular complexity index is 284. The Morgan fingerprint density at radius 1 is 1.54 bits per heavy atom. The lowest BCUT2D eigenvalue weighted by molar-refractivity contribution is 0.0593. The van der Waals surface area contributed by atoms with Crippen LogP contribution in [0.15, 0.2) is 12.4 Å². The lowest BCUT2D eigenvalue weighted by Crippen LogP contribution is -2.10. The van der Waals surface area contributed by atoms with Gasteiger partial charge in [0.15, 0.2) is 5.69 Å². The smallest absolute Gasteiger partial charge is 0.358 e. The van der Waals surface area contributed by atoms with E-state index in [4.69, 9.17) is 0 Å². The summed E-state index contributed by atoms with van der Waals surface area (Å²) in [4.78, 5) is 18.8. The van der Waals surface area contributed by atoms with Crippen LogP contribution < -0.4 is 5.32 Å². The largest absolute Gasteiger partial charge is 0.464 e. The van der Waals surface area contributed by atoms with Gasteiger partial charge >= 0.3 is 5.97 Å². The van der Waals surface area contributed by atoms with Crippen molar-refractivity contribution in [2.75, 3.05) is 14.2 Å². The lowest BCUT2D eigenvalue weighted by Gasteiger charge is -1.99. The number of esters is 1. The number of ether oxygens (including phenoxy) is 1. The van der Waals surface area contributed by atoms with E-state index in [1.54, 1.807) is 6.20 Å². The minimum absolute atomic E-state index is 0.224. The average molecular weight is 181 g/mol. The number of nitrogens with one attached hydrogen (secondary N) is 1. The number of nitrogens with zero attached hydrogens (tertiary/aromatic N) is 2. The van der Waals surface area contributed by atoms with E-state index in [0.717, 1.165) is 5.69 Å². The summed E-state index contributed by atoms with van der Waals surface area (Å²) in [5, 5.41) is 2.93. The van der Waals surface area contributed by atoms with E-state index in [1.807, 2.05) is 7.05 Å². The Labute approximate surface area is 76.2 Å². The van der Waals surface area contributed by atoms with Gasteiger partial charge in [-0.2, -0.15) is 0 Å². The third kappa shape index (κ3) is 2.48. The molecular formula is C8H11N3O2. The molecule has 0 radical (unpaired) electrons. The number of hydrogen-bond donors (Lipinski definition) is 1. The minimum Gasteiger partial charge on any atom is -0.464 e. The highest BCUT2D eigenvalue weighted by molar-refractivity contribution is 5.86. The summed E-state index contributed by atoms with van der Waals surface area (Å²) in [6, 6.07) is 0. The van der Waals surface area contributed by atoms with E-state index >= 15 is 0 Å². The number of hydrogen-bond acceptors (Lipinski definition) is 5. The van der Waals surface area contributed by atoms with Crippen LogP contribution in [0.25, 0.3) is 0 Å². The molecule has 0 spiro atoms. The zero-order valence-corrected chi connectivity index (χ0v) is 7.57. The molecule has 0 aliphatic heterocycles. The lowest BCUT2D eigenvalue weighted by atomic mass is 10.4. The molecular weight excluding hydrogens is 170 g/mol.